The van der Waals surface area contributed by atoms with Gasteiger partial charge in [0.25, 0.3) is 0 Å². The van der Waals surface area contributed by atoms with E-state index in [0.717, 1.165) is 19.4 Å². The van der Waals surface area contributed by atoms with Gasteiger partial charge in [-0.2, -0.15) is 0 Å². The van der Waals surface area contributed by atoms with Crippen LogP contribution < -0.4 is 10.6 Å². The van der Waals surface area contributed by atoms with Crippen LogP contribution in [0.25, 0.3) is 0 Å². The van der Waals surface area contributed by atoms with Crippen LogP contribution in [0.3, 0.4) is 0 Å². The zero-order valence-electron chi connectivity index (χ0n) is 8.30. The van der Waals surface area contributed by atoms with Crippen molar-refractivity contribution >= 4 is 5.91 Å². The maximum atomic E-state index is 11.2. The molecule has 2 atom stereocenters. The molecule has 1 fully saturated rings. The van der Waals surface area contributed by atoms with Gasteiger partial charge in [-0.05, 0) is 26.3 Å². The first-order valence-corrected chi connectivity index (χ1v) is 4.74. The summed E-state index contributed by atoms with van der Waals surface area (Å²) in [4.78, 5) is 11.2. The van der Waals surface area contributed by atoms with Gasteiger partial charge in [0.1, 0.15) is 6.61 Å². The predicted molar refractivity (Wildman–Crippen MR) is 50.5 cm³/mol. The van der Waals surface area contributed by atoms with Gasteiger partial charge in [-0.15, -0.1) is 0 Å². The second-order valence-corrected chi connectivity index (χ2v) is 3.58. The molecule has 0 radical (unpaired) electrons. The Bertz CT molecular complexity index is 173. The smallest absolute Gasteiger partial charge is 0.246 e. The van der Waals surface area contributed by atoms with Crippen molar-refractivity contribution < 1.29 is 9.53 Å². The molecule has 1 saturated heterocycles. The normalized spacial score (nSPS) is 28.5. The quantitative estimate of drug-likeness (QED) is 0.646. The lowest BCUT2D eigenvalue weighted by atomic mass is 10.0. The Labute approximate surface area is 79.0 Å². The Morgan fingerprint density at radius 2 is 2.46 bits per heavy atom. The highest BCUT2D eigenvalue weighted by molar-refractivity contribution is 5.77. The van der Waals surface area contributed by atoms with Crippen molar-refractivity contribution in [3.8, 4) is 0 Å². The second-order valence-electron chi connectivity index (χ2n) is 3.58. The molecule has 1 heterocycles. The van der Waals surface area contributed by atoms with Crippen molar-refractivity contribution in [2.24, 2.45) is 0 Å². The fourth-order valence-corrected chi connectivity index (χ4v) is 1.66. The van der Waals surface area contributed by atoms with Crippen LogP contribution in [0.15, 0.2) is 0 Å². The van der Waals surface area contributed by atoms with Gasteiger partial charge in [-0.1, -0.05) is 0 Å². The summed E-state index contributed by atoms with van der Waals surface area (Å²) in [5, 5.41) is 6.28. The van der Waals surface area contributed by atoms with E-state index in [1.54, 1.807) is 0 Å². The maximum Gasteiger partial charge on any atom is 0.246 e. The minimum atomic E-state index is -0.0124. The first kappa shape index (κ1) is 10.5. The third kappa shape index (κ3) is 3.74. The van der Waals surface area contributed by atoms with Crippen LogP contribution in [0.5, 0.6) is 0 Å². The molecule has 0 aromatic heterocycles. The van der Waals surface area contributed by atoms with E-state index < -0.39 is 0 Å². The minimum Gasteiger partial charge on any atom is -0.375 e. The molecule has 0 aliphatic carbocycles. The molecule has 0 saturated carbocycles. The number of carbonyl (C=O) groups is 1. The Morgan fingerprint density at radius 3 is 3.08 bits per heavy atom. The Balaban J connectivity index is 2.23. The highest BCUT2D eigenvalue weighted by atomic mass is 16.5. The molecule has 4 heteroatoms. The number of amides is 1. The van der Waals surface area contributed by atoms with Crippen LogP contribution in [0.1, 0.15) is 19.8 Å². The van der Waals surface area contributed by atoms with E-state index in [1.807, 2.05) is 0 Å². The lowest BCUT2D eigenvalue weighted by molar-refractivity contribution is -0.125. The third-order valence-electron chi connectivity index (χ3n) is 2.26. The van der Waals surface area contributed by atoms with Gasteiger partial charge < -0.3 is 15.4 Å². The molecule has 1 amide bonds. The Kier molecular flexibility index (Phi) is 4.18. The summed E-state index contributed by atoms with van der Waals surface area (Å²) in [6.07, 6.45) is 2.02. The average molecular weight is 186 g/mol. The molecule has 1 aliphatic heterocycles. The van der Waals surface area contributed by atoms with Crippen molar-refractivity contribution in [3.63, 3.8) is 0 Å². The lowest BCUT2D eigenvalue weighted by Gasteiger charge is -2.28. The van der Waals surface area contributed by atoms with Crippen LogP contribution in [-0.4, -0.2) is 38.3 Å². The first-order valence-electron chi connectivity index (χ1n) is 4.74. The van der Waals surface area contributed by atoms with Gasteiger partial charge in [0.15, 0.2) is 0 Å². The summed E-state index contributed by atoms with van der Waals surface area (Å²) < 4.78 is 4.74. The number of methoxy groups -OCH3 is 1. The van der Waals surface area contributed by atoms with Gasteiger partial charge in [-0.25, -0.2) is 0 Å². The van der Waals surface area contributed by atoms with E-state index in [4.69, 9.17) is 4.74 Å². The van der Waals surface area contributed by atoms with Gasteiger partial charge in [0.2, 0.25) is 5.91 Å². The van der Waals surface area contributed by atoms with Crippen molar-refractivity contribution in [3.05, 3.63) is 0 Å². The van der Waals surface area contributed by atoms with Crippen LogP contribution in [0.2, 0.25) is 0 Å². The largest absolute Gasteiger partial charge is 0.375 e. The zero-order chi connectivity index (χ0) is 9.68. The predicted octanol–water partition coefficient (Wildman–Crippen LogP) is -0.110. The van der Waals surface area contributed by atoms with Gasteiger partial charge in [0, 0.05) is 19.2 Å². The monoisotopic (exact) mass is 186 g/mol. The van der Waals surface area contributed by atoms with Crippen LogP contribution in [0.4, 0.5) is 0 Å². The molecule has 76 valence electrons. The van der Waals surface area contributed by atoms with Crippen molar-refractivity contribution in [1.82, 2.24) is 10.6 Å². The number of hydrogen-bond donors (Lipinski definition) is 2. The van der Waals surface area contributed by atoms with E-state index >= 15 is 0 Å². The first-order chi connectivity index (χ1) is 6.22. The van der Waals surface area contributed by atoms with Gasteiger partial charge in [-0.3, -0.25) is 4.79 Å². The number of ether oxygens (including phenoxy) is 1. The van der Waals surface area contributed by atoms with E-state index in [9.17, 15) is 4.79 Å². The van der Waals surface area contributed by atoms with E-state index in [1.165, 1.54) is 7.11 Å². The van der Waals surface area contributed by atoms with Crippen LogP contribution in [0, 0.1) is 0 Å². The molecule has 0 aromatic rings. The SMILES string of the molecule is COCC(=O)NC1CCNC(C)C1. The number of nitrogens with one attached hydrogen (secondary N) is 2. The molecule has 1 aliphatic rings. The molecule has 1 rings (SSSR count). The Hall–Kier alpha value is -0.610. The Morgan fingerprint density at radius 1 is 1.69 bits per heavy atom. The summed E-state index contributed by atoms with van der Waals surface area (Å²) in [6.45, 7) is 3.28. The number of rotatable bonds is 3. The highest BCUT2D eigenvalue weighted by Crippen LogP contribution is 2.07. The van der Waals surface area contributed by atoms with Crippen molar-refractivity contribution in [2.75, 3.05) is 20.3 Å². The van der Waals surface area contributed by atoms with Crippen LogP contribution in [-0.2, 0) is 9.53 Å². The molecular formula is C9H18N2O2. The molecule has 0 spiro atoms. The summed E-state index contributed by atoms with van der Waals surface area (Å²) in [6, 6.07) is 0.820. The average Bonchev–Trinajstić information content (AvgIpc) is 2.04. The molecule has 2 unspecified atom stereocenters. The standard InChI is InChI=1S/C9H18N2O2/c1-7-5-8(3-4-10-7)11-9(12)6-13-2/h7-8,10H,3-6H2,1-2H3,(H,11,12). The summed E-state index contributed by atoms with van der Waals surface area (Å²) >= 11 is 0. The van der Waals surface area contributed by atoms with Gasteiger partial charge in [0.05, 0.1) is 0 Å². The van der Waals surface area contributed by atoms with Crippen LogP contribution >= 0.6 is 0 Å². The van der Waals surface area contributed by atoms with Gasteiger partial charge >= 0.3 is 0 Å². The third-order valence-corrected chi connectivity index (χ3v) is 2.26. The summed E-state index contributed by atoms with van der Waals surface area (Å²) in [5.74, 6) is -0.0124. The fourth-order valence-electron chi connectivity index (χ4n) is 1.66. The fraction of sp³-hybridized carbons (Fsp3) is 0.889. The minimum absolute atomic E-state index is 0.0124. The number of piperidine rings is 1. The molecule has 13 heavy (non-hydrogen) atoms. The second kappa shape index (κ2) is 5.19. The van der Waals surface area contributed by atoms with Crippen molar-refractivity contribution in [1.29, 1.82) is 0 Å². The molecule has 0 bridgehead atoms. The topological polar surface area (TPSA) is 50.4 Å². The van der Waals surface area contributed by atoms with E-state index in [-0.39, 0.29) is 12.5 Å². The van der Waals surface area contributed by atoms with E-state index in [2.05, 4.69) is 17.6 Å². The number of carbonyl (C=O) groups excluding carboxylic acids is 1. The molecule has 2 N–H and O–H groups in total. The molecule has 0 aromatic carbocycles. The number of hydrogen-bond acceptors (Lipinski definition) is 3. The lowest BCUT2D eigenvalue weighted by Crippen LogP contribution is -2.47. The van der Waals surface area contributed by atoms with E-state index in [0.29, 0.717) is 12.1 Å². The molecule has 4 nitrogen and oxygen atoms in total. The molecular weight excluding hydrogens is 168 g/mol. The summed E-state index contributed by atoms with van der Waals surface area (Å²) in [5.41, 5.74) is 0. The maximum absolute atomic E-state index is 11.2. The highest BCUT2D eigenvalue weighted by Gasteiger charge is 2.19. The van der Waals surface area contributed by atoms with Crippen molar-refractivity contribution in [2.45, 2.75) is 31.8 Å². The zero-order valence-corrected chi connectivity index (χ0v) is 8.30. The summed E-state index contributed by atoms with van der Waals surface area (Å²) in [7, 11) is 1.53.